The topological polar surface area (TPSA) is 51.2 Å². The standard InChI is InChI=1S/C26H32N2O2S/c1-5-9-19-12-14-20(15-13-19)25(18(3)4)28-24(29)16-21-17-31-26(27-21)22-10-7-8-11-23(22)30-6-2/h7-8,10-15,17-18,25H,5-6,9,16H2,1-4H3,(H,28,29). The lowest BCUT2D eigenvalue weighted by Crippen LogP contribution is -2.32. The molecule has 0 bridgehead atoms. The van der Waals surface area contributed by atoms with Crippen molar-refractivity contribution in [3.63, 3.8) is 0 Å². The van der Waals surface area contributed by atoms with E-state index in [1.165, 1.54) is 5.56 Å². The fourth-order valence-electron chi connectivity index (χ4n) is 3.64. The Hall–Kier alpha value is -2.66. The highest BCUT2D eigenvalue weighted by molar-refractivity contribution is 7.13. The van der Waals surface area contributed by atoms with E-state index in [1.807, 2.05) is 36.6 Å². The number of nitrogens with one attached hydrogen (secondary N) is 1. The van der Waals surface area contributed by atoms with Gasteiger partial charge in [0.25, 0.3) is 0 Å². The van der Waals surface area contributed by atoms with Crippen LogP contribution >= 0.6 is 11.3 Å². The van der Waals surface area contributed by atoms with Gasteiger partial charge < -0.3 is 10.1 Å². The van der Waals surface area contributed by atoms with Crippen LogP contribution in [0.1, 0.15) is 57.0 Å². The highest BCUT2D eigenvalue weighted by Gasteiger charge is 2.19. The largest absolute Gasteiger partial charge is 0.493 e. The van der Waals surface area contributed by atoms with Gasteiger partial charge in [0, 0.05) is 5.38 Å². The Bertz CT molecular complexity index is 979. The molecular formula is C26H32N2O2S. The summed E-state index contributed by atoms with van der Waals surface area (Å²) in [6, 6.07) is 16.5. The van der Waals surface area contributed by atoms with Crippen LogP contribution in [0.4, 0.5) is 0 Å². The number of aromatic nitrogens is 1. The van der Waals surface area contributed by atoms with Crippen LogP contribution in [0, 0.1) is 5.92 Å². The van der Waals surface area contributed by atoms with E-state index in [4.69, 9.17) is 9.72 Å². The fraction of sp³-hybridized carbons (Fsp3) is 0.385. The molecule has 0 aliphatic carbocycles. The molecule has 1 atom stereocenters. The number of hydrogen-bond acceptors (Lipinski definition) is 4. The van der Waals surface area contributed by atoms with Crippen molar-refractivity contribution in [2.24, 2.45) is 5.92 Å². The number of amides is 1. The summed E-state index contributed by atoms with van der Waals surface area (Å²) in [5.41, 5.74) is 4.23. The Morgan fingerprint density at radius 3 is 2.52 bits per heavy atom. The molecule has 1 N–H and O–H groups in total. The molecule has 0 aliphatic heterocycles. The van der Waals surface area contributed by atoms with Gasteiger partial charge >= 0.3 is 0 Å². The number of rotatable bonds is 10. The number of aryl methyl sites for hydroxylation is 1. The maximum absolute atomic E-state index is 12.8. The van der Waals surface area contributed by atoms with Crippen LogP contribution in [0.2, 0.25) is 0 Å². The lowest BCUT2D eigenvalue weighted by molar-refractivity contribution is -0.121. The van der Waals surface area contributed by atoms with Crippen LogP contribution in [0.15, 0.2) is 53.9 Å². The average molecular weight is 437 g/mol. The maximum atomic E-state index is 12.8. The van der Waals surface area contributed by atoms with E-state index < -0.39 is 0 Å². The van der Waals surface area contributed by atoms with Crippen molar-refractivity contribution in [1.29, 1.82) is 0 Å². The highest BCUT2D eigenvalue weighted by atomic mass is 32.1. The molecular weight excluding hydrogens is 404 g/mol. The Balaban J connectivity index is 1.68. The number of hydrogen-bond donors (Lipinski definition) is 1. The summed E-state index contributed by atoms with van der Waals surface area (Å²) in [5.74, 6) is 1.11. The number of thiazole rings is 1. The zero-order valence-electron chi connectivity index (χ0n) is 18.9. The van der Waals surface area contributed by atoms with Crippen molar-refractivity contribution in [1.82, 2.24) is 10.3 Å². The van der Waals surface area contributed by atoms with Crippen molar-refractivity contribution in [3.8, 4) is 16.3 Å². The minimum Gasteiger partial charge on any atom is -0.493 e. The lowest BCUT2D eigenvalue weighted by Gasteiger charge is -2.23. The third kappa shape index (κ3) is 6.17. The first-order valence-electron chi connectivity index (χ1n) is 11.1. The molecule has 0 saturated carbocycles. The molecule has 1 aromatic heterocycles. The van der Waals surface area contributed by atoms with Crippen molar-refractivity contribution in [2.75, 3.05) is 6.61 Å². The van der Waals surface area contributed by atoms with Gasteiger partial charge in [-0.05, 0) is 42.5 Å². The number of benzene rings is 2. The molecule has 0 spiro atoms. The van der Waals surface area contributed by atoms with E-state index in [0.29, 0.717) is 12.5 Å². The lowest BCUT2D eigenvalue weighted by atomic mass is 9.94. The van der Waals surface area contributed by atoms with Crippen molar-refractivity contribution < 1.29 is 9.53 Å². The molecule has 4 nitrogen and oxygen atoms in total. The summed E-state index contributed by atoms with van der Waals surface area (Å²) in [7, 11) is 0. The van der Waals surface area contributed by atoms with E-state index in [2.05, 4.69) is 50.4 Å². The summed E-state index contributed by atoms with van der Waals surface area (Å²) in [6.07, 6.45) is 2.48. The quantitative estimate of drug-likeness (QED) is 0.411. The number of nitrogens with zero attached hydrogens (tertiary/aromatic N) is 1. The summed E-state index contributed by atoms with van der Waals surface area (Å²) < 4.78 is 5.72. The van der Waals surface area contributed by atoms with E-state index in [-0.39, 0.29) is 18.4 Å². The van der Waals surface area contributed by atoms with Gasteiger partial charge in [-0.2, -0.15) is 0 Å². The molecule has 0 saturated heterocycles. The van der Waals surface area contributed by atoms with Gasteiger partial charge in [0.15, 0.2) is 0 Å². The van der Waals surface area contributed by atoms with Crippen LogP contribution in [0.25, 0.3) is 10.6 Å². The fourth-order valence-corrected chi connectivity index (χ4v) is 4.49. The van der Waals surface area contributed by atoms with Crippen LogP contribution in [0.3, 0.4) is 0 Å². The summed E-state index contributed by atoms with van der Waals surface area (Å²) >= 11 is 1.54. The third-order valence-corrected chi connectivity index (χ3v) is 6.10. The molecule has 5 heteroatoms. The second kappa shape index (κ2) is 11.1. The van der Waals surface area contributed by atoms with Gasteiger partial charge in [-0.15, -0.1) is 11.3 Å². The van der Waals surface area contributed by atoms with E-state index in [9.17, 15) is 4.79 Å². The van der Waals surface area contributed by atoms with Crippen LogP contribution in [-0.4, -0.2) is 17.5 Å². The molecule has 0 aliphatic rings. The van der Waals surface area contributed by atoms with Crippen LogP contribution in [-0.2, 0) is 17.6 Å². The smallest absolute Gasteiger partial charge is 0.226 e. The molecule has 31 heavy (non-hydrogen) atoms. The SMILES string of the molecule is CCCc1ccc(C(NC(=O)Cc2csc(-c3ccccc3OCC)n2)C(C)C)cc1. The number of ether oxygens (including phenoxy) is 1. The predicted molar refractivity (Wildman–Crippen MR) is 129 cm³/mol. The molecule has 164 valence electrons. The summed E-state index contributed by atoms with van der Waals surface area (Å²) in [5, 5.41) is 6.05. The molecule has 1 heterocycles. The highest BCUT2D eigenvalue weighted by Crippen LogP contribution is 2.32. The Morgan fingerprint density at radius 1 is 1.10 bits per heavy atom. The first-order valence-corrected chi connectivity index (χ1v) is 11.9. The van der Waals surface area contributed by atoms with Gasteiger partial charge in [0.2, 0.25) is 5.91 Å². The molecule has 3 aromatic rings. The maximum Gasteiger partial charge on any atom is 0.226 e. The average Bonchev–Trinajstić information content (AvgIpc) is 3.21. The molecule has 0 radical (unpaired) electrons. The van der Waals surface area contributed by atoms with Gasteiger partial charge in [-0.25, -0.2) is 4.98 Å². The number of carbonyl (C=O) groups is 1. The van der Waals surface area contributed by atoms with Gasteiger partial charge in [0.1, 0.15) is 10.8 Å². The monoisotopic (exact) mass is 436 g/mol. The van der Waals surface area contributed by atoms with Gasteiger partial charge in [-0.3, -0.25) is 4.79 Å². The zero-order chi connectivity index (χ0) is 22.2. The van der Waals surface area contributed by atoms with E-state index in [0.717, 1.165) is 40.4 Å². The summed E-state index contributed by atoms with van der Waals surface area (Å²) in [4.78, 5) is 17.5. The molecule has 1 unspecified atom stereocenters. The Kier molecular flexibility index (Phi) is 8.24. The first kappa shape index (κ1) is 23.0. The Morgan fingerprint density at radius 2 is 1.84 bits per heavy atom. The van der Waals surface area contributed by atoms with E-state index in [1.54, 1.807) is 11.3 Å². The minimum absolute atomic E-state index is 0.00808. The van der Waals surface area contributed by atoms with Crippen molar-refractivity contribution in [2.45, 2.75) is 53.0 Å². The van der Waals surface area contributed by atoms with Gasteiger partial charge in [0.05, 0.1) is 30.3 Å². The first-order chi connectivity index (χ1) is 15.0. The molecule has 3 rings (SSSR count). The third-order valence-electron chi connectivity index (χ3n) is 5.17. The predicted octanol–water partition coefficient (Wildman–Crippen LogP) is 6.22. The number of para-hydroxylation sites is 1. The zero-order valence-corrected chi connectivity index (χ0v) is 19.7. The summed E-state index contributed by atoms with van der Waals surface area (Å²) in [6.45, 7) is 9.03. The normalized spacial score (nSPS) is 12.0. The minimum atomic E-state index is -0.0139. The van der Waals surface area contributed by atoms with Crippen LogP contribution < -0.4 is 10.1 Å². The van der Waals surface area contributed by atoms with Crippen molar-refractivity contribution in [3.05, 3.63) is 70.7 Å². The second-order valence-electron chi connectivity index (χ2n) is 8.03. The van der Waals surface area contributed by atoms with Crippen LogP contribution in [0.5, 0.6) is 5.75 Å². The molecule has 1 amide bonds. The molecule has 0 fully saturated rings. The molecule has 2 aromatic carbocycles. The van der Waals surface area contributed by atoms with Crippen molar-refractivity contribution >= 4 is 17.2 Å². The Labute approximate surface area is 189 Å². The van der Waals surface area contributed by atoms with E-state index >= 15 is 0 Å². The second-order valence-corrected chi connectivity index (χ2v) is 8.89. The number of carbonyl (C=O) groups excluding carboxylic acids is 1. The van der Waals surface area contributed by atoms with Gasteiger partial charge in [-0.1, -0.05) is 63.6 Å².